The Bertz CT molecular complexity index is 606. The van der Waals surface area contributed by atoms with Crippen molar-refractivity contribution in [2.75, 3.05) is 6.54 Å². The van der Waals surface area contributed by atoms with Crippen molar-refractivity contribution in [2.45, 2.75) is 31.6 Å². The fourth-order valence-corrected chi connectivity index (χ4v) is 3.44. The van der Waals surface area contributed by atoms with E-state index in [1.165, 1.54) is 41.5 Å². The van der Waals surface area contributed by atoms with Gasteiger partial charge in [-0.15, -0.1) is 0 Å². The first-order chi connectivity index (χ1) is 9.78. The minimum atomic E-state index is 0.628. The summed E-state index contributed by atoms with van der Waals surface area (Å²) in [5.41, 5.74) is 11.2. The summed E-state index contributed by atoms with van der Waals surface area (Å²) in [6.07, 6.45) is 4.84. The van der Waals surface area contributed by atoms with Gasteiger partial charge in [0.1, 0.15) is 0 Å². The van der Waals surface area contributed by atoms with Crippen LogP contribution in [0.5, 0.6) is 0 Å². The first kappa shape index (κ1) is 13.7. The molecule has 0 aromatic heterocycles. The van der Waals surface area contributed by atoms with E-state index in [-0.39, 0.29) is 0 Å². The Morgan fingerprint density at radius 1 is 1.10 bits per heavy atom. The highest BCUT2D eigenvalue weighted by atomic mass is 35.5. The maximum absolute atomic E-state index is 6.10. The zero-order valence-corrected chi connectivity index (χ0v) is 12.4. The molecule has 0 radical (unpaired) electrons. The van der Waals surface area contributed by atoms with Crippen molar-refractivity contribution in [3.63, 3.8) is 0 Å². The van der Waals surface area contributed by atoms with Gasteiger partial charge in [-0.2, -0.15) is 0 Å². The van der Waals surface area contributed by atoms with Gasteiger partial charge in [0.2, 0.25) is 0 Å². The second kappa shape index (κ2) is 5.99. The van der Waals surface area contributed by atoms with Crippen LogP contribution in [0, 0.1) is 0 Å². The first-order valence-electron chi connectivity index (χ1n) is 7.37. The Kier molecular flexibility index (Phi) is 4.09. The molecule has 0 fully saturated rings. The van der Waals surface area contributed by atoms with Crippen LogP contribution in [0.1, 0.15) is 36.3 Å². The van der Waals surface area contributed by atoms with E-state index in [1.807, 2.05) is 18.2 Å². The molecule has 1 aliphatic carbocycles. The van der Waals surface area contributed by atoms with Crippen molar-refractivity contribution in [3.05, 3.63) is 58.6 Å². The molecule has 1 atom stereocenters. The van der Waals surface area contributed by atoms with Crippen molar-refractivity contribution in [1.29, 1.82) is 0 Å². The largest absolute Gasteiger partial charge is 0.330 e. The first-order valence-corrected chi connectivity index (χ1v) is 7.74. The molecule has 0 spiro atoms. The average molecular weight is 286 g/mol. The topological polar surface area (TPSA) is 26.0 Å². The molecule has 1 unspecified atom stereocenters. The van der Waals surface area contributed by atoms with Gasteiger partial charge in [0.05, 0.1) is 0 Å². The number of fused-ring (bicyclic) bond motifs is 1. The predicted molar refractivity (Wildman–Crippen MR) is 86.2 cm³/mol. The molecule has 2 aromatic rings. The maximum Gasteiger partial charge on any atom is 0.0412 e. The number of benzene rings is 2. The van der Waals surface area contributed by atoms with Gasteiger partial charge in [-0.25, -0.2) is 0 Å². The fraction of sp³-hybridized carbons (Fsp3) is 0.333. The Balaban J connectivity index is 2.01. The molecule has 0 heterocycles. The molecule has 20 heavy (non-hydrogen) atoms. The third-order valence-corrected chi connectivity index (χ3v) is 4.49. The van der Waals surface area contributed by atoms with Crippen LogP contribution in [0.3, 0.4) is 0 Å². The summed E-state index contributed by atoms with van der Waals surface area (Å²) >= 11 is 6.10. The summed E-state index contributed by atoms with van der Waals surface area (Å²) in [4.78, 5) is 0. The maximum atomic E-state index is 6.10. The van der Waals surface area contributed by atoms with Gasteiger partial charge in [0.25, 0.3) is 0 Å². The van der Waals surface area contributed by atoms with Crippen LogP contribution >= 0.6 is 11.6 Å². The van der Waals surface area contributed by atoms with Gasteiger partial charge >= 0.3 is 0 Å². The minimum Gasteiger partial charge on any atom is -0.330 e. The lowest BCUT2D eigenvalue weighted by atomic mass is 9.80. The summed E-state index contributed by atoms with van der Waals surface area (Å²) in [6, 6.07) is 14.9. The van der Waals surface area contributed by atoms with E-state index in [0.29, 0.717) is 5.92 Å². The van der Waals surface area contributed by atoms with Gasteiger partial charge in [0, 0.05) is 5.02 Å². The zero-order valence-electron chi connectivity index (χ0n) is 11.6. The Morgan fingerprint density at radius 3 is 2.75 bits per heavy atom. The van der Waals surface area contributed by atoms with Crippen molar-refractivity contribution in [2.24, 2.45) is 5.73 Å². The van der Waals surface area contributed by atoms with Crippen LogP contribution in [-0.4, -0.2) is 6.54 Å². The van der Waals surface area contributed by atoms with Crippen LogP contribution in [0.4, 0.5) is 0 Å². The molecule has 2 aromatic carbocycles. The highest BCUT2D eigenvalue weighted by molar-refractivity contribution is 6.30. The van der Waals surface area contributed by atoms with E-state index in [0.717, 1.165) is 18.0 Å². The number of nitrogens with two attached hydrogens (primary N) is 1. The molecular weight excluding hydrogens is 266 g/mol. The molecule has 0 amide bonds. The van der Waals surface area contributed by atoms with Crippen molar-refractivity contribution < 1.29 is 0 Å². The number of hydrogen-bond acceptors (Lipinski definition) is 1. The van der Waals surface area contributed by atoms with Crippen molar-refractivity contribution in [1.82, 2.24) is 0 Å². The van der Waals surface area contributed by atoms with E-state index < -0.39 is 0 Å². The van der Waals surface area contributed by atoms with Gasteiger partial charge < -0.3 is 5.73 Å². The fourth-order valence-electron chi connectivity index (χ4n) is 3.25. The zero-order chi connectivity index (χ0) is 13.9. The van der Waals surface area contributed by atoms with Gasteiger partial charge in [0.15, 0.2) is 0 Å². The molecule has 2 heteroatoms. The third-order valence-electron chi connectivity index (χ3n) is 4.26. The highest BCUT2D eigenvalue weighted by Gasteiger charge is 2.20. The summed E-state index contributed by atoms with van der Waals surface area (Å²) in [5, 5.41) is 0.790. The van der Waals surface area contributed by atoms with Crippen LogP contribution in [0.25, 0.3) is 11.1 Å². The normalized spacial score (nSPS) is 17.8. The summed E-state index contributed by atoms with van der Waals surface area (Å²) in [7, 11) is 0. The van der Waals surface area contributed by atoms with Gasteiger partial charge in [-0.05, 0) is 72.5 Å². The summed E-state index contributed by atoms with van der Waals surface area (Å²) in [6.45, 7) is 0.769. The van der Waals surface area contributed by atoms with Gasteiger partial charge in [-0.1, -0.05) is 41.9 Å². The summed E-state index contributed by atoms with van der Waals surface area (Å²) in [5.74, 6) is 0.628. The van der Waals surface area contributed by atoms with E-state index in [2.05, 4.69) is 24.3 Å². The Morgan fingerprint density at radius 2 is 1.95 bits per heavy atom. The highest BCUT2D eigenvalue weighted by Crippen LogP contribution is 2.36. The number of rotatable bonds is 3. The minimum absolute atomic E-state index is 0.628. The molecule has 0 bridgehead atoms. The smallest absolute Gasteiger partial charge is 0.0412 e. The second-order valence-electron chi connectivity index (χ2n) is 5.59. The molecular formula is C18H20ClN. The molecule has 1 aliphatic rings. The SMILES string of the molecule is NCCC1CCCc2ccc(-c3cccc(Cl)c3)cc21. The lowest BCUT2D eigenvalue weighted by Crippen LogP contribution is -2.14. The molecule has 2 N–H and O–H groups in total. The Labute approximate surface area is 125 Å². The second-order valence-corrected chi connectivity index (χ2v) is 6.03. The van der Waals surface area contributed by atoms with Crippen LogP contribution in [0.15, 0.2) is 42.5 Å². The number of halogens is 1. The van der Waals surface area contributed by atoms with E-state index in [4.69, 9.17) is 17.3 Å². The average Bonchev–Trinajstić information content (AvgIpc) is 2.47. The molecule has 104 valence electrons. The standard InChI is InChI=1S/C18H20ClN/c19-17-6-2-5-15(11-17)16-8-7-13-3-1-4-14(9-10-20)18(13)12-16/h2,5-8,11-12,14H,1,3-4,9-10,20H2. The van der Waals surface area contributed by atoms with E-state index >= 15 is 0 Å². The van der Waals surface area contributed by atoms with Gasteiger partial charge in [-0.3, -0.25) is 0 Å². The molecule has 1 nitrogen and oxygen atoms in total. The molecule has 0 saturated carbocycles. The number of aryl methyl sites for hydroxylation is 1. The lowest BCUT2D eigenvalue weighted by molar-refractivity contribution is 0.526. The number of hydrogen-bond donors (Lipinski definition) is 1. The van der Waals surface area contributed by atoms with Crippen LogP contribution in [-0.2, 0) is 6.42 Å². The predicted octanol–water partition coefficient (Wildman–Crippen LogP) is 4.78. The monoisotopic (exact) mass is 285 g/mol. The van der Waals surface area contributed by atoms with Crippen molar-refractivity contribution >= 4 is 11.6 Å². The lowest BCUT2D eigenvalue weighted by Gasteiger charge is -2.26. The van der Waals surface area contributed by atoms with Crippen LogP contribution in [0.2, 0.25) is 5.02 Å². The molecule has 0 aliphatic heterocycles. The van der Waals surface area contributed by atoms with E-state index in [1.54, 1.807) is 0 Å². The van der Waals surface area contributed by atoms with E-state index in [9.17, 15) is 0 Å². The summed E-state index contributed by atoms with van der Waals surface area (Å²) < 4.78 is 0. The van der Waals surface area contributed by atoms with Crippen LogP contribution < -0.4 is 5.73 Å². The third kappa shape index (κ3) is 2.74. The molecule has 0 saturated heterocycles. The quantitative estimate of drug-likeness (QED) is 0.863. The van der Waals surface area contributed by atoms with Crippen molar-refractivity contribution in [3.8, 4) is 11.1 Å². The Hall–Kier alpha value is -1.31. The molecule has 3 rings (SSSR count).